The Morgan fingerprint density at radius 2 is 2.29 bits per heavy atom. The fraction of sp³-hybridized carbons (Fsp3) is 0.500. The molecule has 1 aliphatic heterocycles. The number of primary amides is 1. The first-order valence-corrected chi connectivity index (χ1v) is 7.83. The lowest BCUT2D eigenvalue weighted by atomic mass is 10.2. The zero-order chi connectivity index (χ0) is 15.0. The molecule has 1 fully saturated rings. The molecule has 3 N–H and O–H groups in total. The molecule has 0 aliphatic carbocycles. The van der Waals surface area contributed by atoms with Crippen molar-refractivity contribution in [3.8, 4) is 0 Å². The molecule has 21 heavy (non-hydrogen) atoms. The van der Waals surface area contributed by atoms with Crippen LogP contribution in [0.4, 0.5) is 5.82 Å². The van der Waals surface area contributed by atoms with E-state index in [0.717, 1.165) is 28.3 Å². The van der Waals surface area contributed by atoms with Crippen molar-refractivity contribution in [3.05, 3.63) is 16.8 Å². The Bertz CT molecular complexity index is 685. The van der Waals surface area contributed by atoms with E-state index in [9.17, 15) is 4.79 Å². The molecular formula is C14H18N4O2S. The molecule has 1 amide bonds. The van der Waals surface area contributed by atoms with Crippen LogP contribution in [0.25, 0.3) is 10.2 Å². The highest BCUT2D eigenvalue weighted by molar-refractivity contribution is 7.17. The molecule has 7 heteroatoms. The predicted octanol–water partition coefficient (Wildman–Crippen LogP) is 1.75. The first-order chi connectivity index (χ1) is 10.0. The van der Waals surface area contributed by atoms with Gasteiger partial charge in [0.05, 0.1) is 11.5 Å². The summed E-state index contributed by atoms with van der Waals surface area (Å²) in [5.41, 5.74) is 6.43. The Labute approximate surface area is 126 Å². The van der Waals surface area contributed by atoms with Crippen molar-refractivity contribution in [3.63, 3.8) is 0 Å². The van der Waals surface area contributed by atoms with Crippen molar-refractivity contribution < 1.29 is 9.53 Å². The quantitative estimate of drug-likeness (QED) is 0.898. The van der Waals surface area contributed by atoms with E-state index in [1.165, 1.54) is 5.56 Å². The van der Waals surface area contributed by atoms with Crippen LogP contribution in [-0.2, 0) is 9.53 Å². The lowest BCUT2D eigenvalue weighted by Gasteiger charge is -2.14. The Kier molecular flexibility index (Phi) is 3.77. The molecule has 0 bridgehead atoms. The van der Waals surface area contributed by atoms with Gasteiger partial charge in [-0.1, -0.05) is 0 Å². The molecule has 3 rings (SSSR count). The van der Waals surface area contributed by atoms with Crippen LogP contribution >= 0.6 is 11.3 Å². The molecule has 6 nitrogen and oxygen atoms in total. The van der Waals surface area contributed by atoms with Gasteiger partial charge in [0.1, 0.15) is 22.6 Å². The van der Waals surface area contributed by atoms with Gasteiger partial charge in [-0.2, -0.15) is 0 Å². The average Bonchev–Trinajstić information content (AvgIpc) is 3.03. The third kappa shape index (κ3) is 2.84. The topological polar surface area (TPSA) is 90.1 Å². The predicted molar refractivity (Wildman–Crippen MR) is 82.5 cm³/mol. The zero-order valence-electron chi connectivity index (χ0n) is 12.0. The maximum absolute atomic E-state index is 11.1. The van der Waals surface area contributed by atoms with E-state index < -0.39 is 6.10 Å². The summed E-state index contributed by atoms with van der Waals surface area (Å²) in [6, 6.07) is 0. The normalized spacial score (nSPS) is 21.8. The van der Waals surface area contributed by atoms with Crippen molar-refractivity contribution in [2.45, 2.75) is 38.9 Å². The largest absolute Gasteiger partial charge is 0.367 e. The van der Waals surface area contributed by atoms with E-state index in [-0.39, 0.29) is 12.0 Å². The minimum absolute atomic E-state index is 0.00763. The number of amides is 1. The number of hydrogen-bond donors (Lipinski definition) is 2. The number of aromatic nitrogens is 2. The molecule has 1 aliphatic rings. The van der Waals surface area contributed by atoms with E-state index in [0.29, 0.717) is 13.0 Å². The Morgan fingerprint density at radius 3 is 3.00 bits per heavy atom. The van der Waals surface area contributed by atoms with Crippen molar-refractivity contribution >= 4 is 33.3 Å². The average molecular weight is 306 g/mol. The molecule has 3 heterocycles. The molecule has 0 spiro atoms. The monoisotopic (exact) mass is 306 g/mol. The van der Waals surface area contributed by atoms with Crippen molar-refractivity contribution in [1.82, 2.24) is 9.97 Å². The van der Waals surface area contributed by atoms with Crippen LogP contribution in [0.2, 0.25) is 0 Å². The fourth-order valence-corrected chi connectivity index (χ4v) is 3.56. The van der Waals surface area contributed by atoms with Gasteiger partial charge < -0.3 is 15.8 Å². The maximum Gasteiger partial charge on any atom is 0.246 e. The van der Waals surface area contributed by atoms with Crippen molar-refractivity contribution in [2.24, 2.45) is 5.73 Å². The van der Waals surface area contributed by atoms with Crippen LogP contribution in [0.5, 0.6) is 0 Å². The van der Waals surface area contributed by atoms with Gasteiger partial charge in [0.15, 0.2) is 0 Å². The second-order valence-electron chi connectivity index (χ2n) is 5.33. The summed E-state index contributed by atoms with van der Waals surface area (Å²) in [6.07, 6.45) is 1.06. The van der Waals surface area contributed by atoms with Gasteiger partial charge in [0.2, 0.25) is 5.91 Å². The summed E-state index contributed by atoms with van der Waals surface area (Å²) in [6.45, 7) is 4.55. The maximum atomic E-state index is 11.1. The highest BCUT2D eigenvalue weighted by atomic mass is 32.1. The number of aryl methyl sites for hydroxylation is 2. The second-order valence-corrected chi connectivity index (χ2v) is 6.18. The van der Waals surface area contributed by atoms with E-state index in [1.54, 1.807) is 11.3 Å². The molecule has 2 atom stereocenters. The number of rotatable bonds is 4. The molecular weight excluding hydrogens is 288 g/mol. The summed E-state index contributed by atoms with van der Waals surface area (Å²) in [7, 11) is 0. The van der Waals surface area contributed by atoms with Gasteiger partial charge in [-0.15, -0.1) is 11.3 Å². The summed E-state index contributed by atoms with van der Waals surface area (Å²) >= 11 is 1.62. The van der Waals surface area contributed by atoms with E-state index in [4.69, 9.17) is 10.5 Å². The van der Waals surface area contributed by atoms with Crippen LogP contribution in [0.1, 0.15) is 24.2 Å². The number of carbonyl (C=O) groups is 1. The number of nitrogens with one attached hydrogen (secondary N) is 1. The Balaban J connectivity index is 1.74. The molecule has 1 saturated heterocycles. The third-order valence-corrected chi connectivity index (χ3v) is 4.64. The lowest BCUT2D eigenvalue weighted by Crippen LogP contribution is -2.30. The molecule has 2 aromatic heterocycles. The van der Waals surface area contributed by atoms with Gasteiger partial charge >= 0.3 is 0 Å². The summed E-state index contributed by atoms with van der Waals surface area (Å²) < 4.78 is 5.62. The number of nitrogens with zero attached hydrogens (tertiary/aromatic N) is 2. The lowest BCUT2D eigenvalue weighted by molar-refractivity contribution is -0.128. The van der Waals surface area contributed by atoms with Crippen molar-refractivity contribution in [1.29, 1.82) is 0 Å². The van der Waals surface area contributed by atoms with Gasteiger partial charge in [-0.3, -0.25) is 4.79 Å². The van der Waals surface area contributed by atoms with Crippen LogP contribution < -0.4 is 11.1 Å². The van der Waals surface area contributed by atoms with E-state index in [1.807, 2.05) is 6.92 Å². The summed E-state index contributed by atoms with van der Waals surface area (Å²) in [5.74, 6) is 1.20. The summed E-state index contributed by atoms with van der Waals surface area (Å²) in [4.78, 5) is 21.0. The number of anilines is 1. The molecule has 0 radical (unpaired) electrons. The van der Waals surface area contributed by atoms with Crippen LogP contribution in [0.15, 0.2) is 5.38 Å². The molecule has 0 aromatic carbocycles. The highest BCUT2D eigenvalue weighted by Crippen LogP contribution is 2.29. The fourth-order valence-electron chi connectivity index (χ4n) is 2.59. The van der Waals surface area contributed by atoms with Crippen LogP contribution in [0.3, 0.4) is 0 Å². The van der Waals surface area contributed by atoms with Gasteiger partial charge in [0, 0.05) is 6.54 Å². The number of ether oxygens (including phenoxy) is 1. The van der Waals surface area contributed by atoms with E-state index in [2.05, 4.69) is 27.6 Å². The minimum atomic E-state index is -0.452. The molecule has 0 unspecified atom stereocenters. The highest BCUT2D eigenvalue weighted by Gasteiger charge is 2.29. The first-order valence-electron chi connectivity index (χ1n) is 6.95. The van der Waals surface area contributed by atoms with Crippen LogP contribution in [0, 0.1) is 13.8 Å². The number of fused-ring (bicyclic) bond motifs is 1. The Hall–Kier alpha value is -1.73. The molecule has 0 saturated carbocycles. The van der Waals surface area contributed by atoms with E-state index >= 15 is 0 Å². The number of thiophene rings is 1. The third-order valence-electron chi connectivity index (χ3n) is 3.65. The number of nitrogens with two attached hydrogens (primary N) is 1. The number of carbonyl (C=O) groups excluding carboxylic acids is 1. The van der Waals surface area contributed by atoms with Crippen LogP contribution in [-0.4, -0.2) is 34.6 Å². The minimum Gasteiger partial charge on any atom is -0.367 e. The zero-order valence-corrected chi connectivity index (χ0v) is 12.9. The van der Waals surface area contributed by atoms with Crippen molar-refractivity contribution in [2.75, 3.05) is 11.9 Å². The molecule has 112 valence electrons. The second kappa shape index (κ2) is 5.57. The smallest absolute Gasteiger partial charge is 0.246 e. The first kappa shape index (κ1) is 14.2. The SMILES string of the molecule is Cc1nc(NC[C@H]2CC[C@H](C(N)=O)O2)c2c(C)csc2n1. The van der Waals surface area contributed by atoms with Gasteiger partial charge in [-0.05, 0) is 37.6 Å². The summed E-state index contributed by atoms with van der Waals surface area (Å²) in [5, 5.41) is 6.48. The molecule has 2 aromatic rings. The van der Waals surface area contributed by atoms with Gasteiger partial charge in [0.25, 0.3) is 0 Å². The van der Waals surface area contributed by atoms with Gasteiger partial charge in [-0.25, -0.2) is 9.97 Å². The standard InChI is InChI=1S/C14H18N4O2S/c1-7-6-21-14-11(7)13(17-8(2)18-14)16-5-9-3-4-10(20-9)12(15)19/h6,9-10H,3-5H2,1-2H3,(H2,15,19)(H,16,17,18)/t9-,10-/m1/s1. The Morgan fingerprint density at radius 1 is 1.48 bits per heavy atom. The number of hydrogen-bond acceptors (Lipinski definition) is 6.